The van der Waals surface area contributed by atoms with Crippen molar-refractivity contribution in [1.82, 2.24) is 9.55 Å². The lowest BCUT2D eigenvalue weighted by atomic mass is 10.0. The SMILES string of the molecule is Cn1c(=O)oc2ccc(-c3ccc(CC(C#N)N=C(c4ccccc4)c4ccccc4)nc3)cc21. The van der Waals surface area contributed by atoms with E-state index < -0.39 is 6.04 Å². The highest BCUT2D eigenvalue weighted by atomic mass is 16.4. The second kappa shape index (κ2) is 9.62. The van der Waals surface area contributed by atoms with Gasteiger partial charge in [-0.15, -0.1) is 0 Å². The van der Waals surface area contributed by atoms with Gasteiger partial charge in [-0.2, -0.15) is 5.26 Å². The fourth-order valence-electron chi connectivity index (χ4n) is 4.00. The first-order chi connectivity index (χ1) is 17.1. The molecule has 5 aromatic rings. The molecule has 0 radical (unpaired) electrons. The van der Waals surface area contributed by atoms with Crippen LogP contribution in [0.4, 0.5) is 0 Å². The number of hydrogen-bond acceptors (Lipinski definition) is 5. The number of aryl methyl sites for hydroxylation is 1. The van der Waals surface area contributed by atoms with Crippen LogP contribution in [0.25, 0.3) is 22.2 Å². The van der Waals surface area contributed by atoms with Crippen molar-refractivity contribution in [2.45, 2.75) is 12.5 Å². The second-order valence-corrected chi connectivity index (χ2v) is 8.21. The molecule has 0 N–H and O–H groups in total. The number of nitriles is 1. The predicted octanol–water partition coefficient (Wildman–Crippen LogP) is 5.17. The third-order valence-corrected chi connectivity index (χ3v) is 5.88. The van der Waals surface area contributed by atoms with Gasteiger partial charge in [-0.25, -0.2) is 4.79 Å². The summed E-state index contributed by atoms with van der Waals surface area (Å²) in [5.41, 5.74) is 6.61. The number of aliphatic imine (C=N–C) groups is 1. The molecule has 0 aliphatic rings. The number of oxazole rings is 1. The summed E-state index contributed by atoms with van der Waals surface area (Å²) in [7, 11) is 1.68. The van der Waals surface area contributed by atoms with Gasteiger partial charge >= 0.3 is 5.76 Å². The maximum absolute atomic E-state index is 11.8. The Morgan fingerprint density at radius 3 is 2.23 bits per heavy atom. The molecular formula is C29H22N4O2. The average molecular weight is 459 g/mol. The number of aromatic nitrogens is 2. The van der Waals surface area contributed by atoms with Gasteiger partial charge in [0.1, 0.15) is 6.04 Å². The Bertz CT molecular complexity index is 1550. The fourth-order valence-corrected chi connectivity index (χ4v) is 4.00. The molecule has 0 fully saturated rings. The summed E-state index contributed by atoms with van der Waals surface area (Å²) in [6, 6.07) is 31.0. The first-order valence-electron chi connectivity index (χ1n) is 11.3. The van der Waals surface area contributed by atoms with E-state index in [9.17, 15) is 10.1 Å². The molecule has 2 aromatic heterocycles. The minimum Gasteiger partial charge on any atom is -0.408 e. The van der Waals surface area contributed by atoms with Crippen LogP contribution in [0, 0.1) is 11.3 Å². The first-order valence-corrected chi connectivity index (χ1v) is 11.3. The number of fused-ring (bicyclic) bond motifs is 1. The molecule has 1 atom stereocenters. The quantitative estimate of drug-likeness (QED) is 0.329. The molecule has 0 bridgehead atoms. The molecule has 2 heterocycles. The van der Waals surface area contributed by atoms with Gasteiger partial charge in [0.05, 0.1) is 17.3 Å². The van der Waals surface area contributed by atoms with Crippen LogP contribution in [0.2, 0.25) is 0 Å². The van der Waals surface area contributed by atoms with Gasteiger partial charge in [0.15, 0.2) is 5.58 Å². The number of pyridine rings is 1. The number of benzene rings is 3. The van der Waals surface area contributed by atoms with Crippen molar-refractivity contribution < 1.29 is 4.42 Å². The molecule has 0 spiro atoms. The molecule has 1 unspecified atom stereocenters. The Hall–Kier alpha value is -4.76. The molecule has 35 heavy (non-hydrogen) atoms. The van der Waals surface area contributed by atoms with Crippen molar-refractivity contribution in [3.05, 3.63) is 125 Å². The Morgan fingerprint density at radius 1 is 0.971 bits per heavy atom. The maximum atomic E-state index is 11.8. The highest BCUT2D eigenvalue weighted by molar-refractivity contribution is 6.13. The van der Waals surface area contributed by atoms with E-state index in [1.165, 1.54) is 4.57 Å². The van der Waals surface area contributed by atoms with Gasteiger partial charge < -0.3 is 4.42 Å². The van der Waals surface area contributed by atoms with E-state index in [-0.39, 0.29) is 5.76 Å². The van der Waals surface area contributed by atoms with E-state index in [0.717, 1.165) is 39.2 Å². The smallest absolute Gasteiger partial charge is 0.408 e. The van der Waals surface area contributed by atoms with Crippen LogP contribution in [0.15, 0.2) is 111 Å². The van der Waals surface area contributed by atoms with E-state index in [1.54, 1.807) is 19.3 Å². The summed E-state index contributed by atoms with van der Waals surface area (Å²) < 4.78 is 6.69. The molecule has 0 amide bonds. The minimum absolute atomic E-state index is 0.390. The van der Waals surface area contributed by atoms with Gasteiger partial charge in [-0.1, -0.05) is 72.8 Å². The first kappa shape index (κ1) is 22.1. The summed E-state index contributed by atoms with van der Waals surface area (Å²) >= 11 is 0. The zero-order valence-corrected chi connectivity index (χ0v) is 19.1. The standard InChI is InChI=1S/C29H22N4O2/c1-33-26-16-22(13-15-27(26)35-29(33)34)23-12-14-24(31-19-23)17-25(18-30)32-28(20-8-4-2-5-9-20)21-10-6-3-7-11-21/h2-16,19,25H,17H2,1H3. The minimum atomic E-state index is -0.583. The van der Waals surface area contributed by atoms with Crippen LogP contribution in [0.1, 0.15) is 16.8 Å². The van der Waals surface area contributed by atoms with Crippen LogP contribution in [0.5, 0.6) is 0 Å². The van der Waals surface area contributed by atoms with Gasteiger partial charge in [-0.05, 0) is 23.8 Å². The van der Waals surface area contributed by atoms with Crippen LogP contribution in [0.3, 0.4) is 0 Å². The molecule has 0 saturated heterocycles. The zero-order chi connectivity index (χ0) is 24.2. The highest BCUT2D eigenvalue weighted by Gasteiger charge is 2.14. The summed E-state index contributed by atoms with van der Waals surface area (Å²) in [5, 5.41) is 9.87. The van der Waals surface area contributed by atoms with E-state index >= 15 is 0 Å². The predicted molar refractivity (Wildman–Crippen MR) is 136 cm³/mol. The lowest BCUT2D eigenvalue weighted by Gasteiger charge is -2.11. The van der Waals surface area contributed by atoms with Gasteiger partial charge in [0.2, 0.25) is 0 Å². The summed E-state index contributed by atoms with van der Waals surface area (Å²) in [4.78, 5) is 21.2. The number of rotatable bonds is 6. The lowest BCUT2D eigenvalue weighted by Crippen LogP contribution is -2.13. The van der Waals surface area contributed by atoms with Crippen molar-refractivity contribution in [2.75, 3.05) is 0 Å². The van der Waals surface area contributed by atoms with Crippen LogP contribution in [-0.2, 0) is 13.5 Å². The van der Waals surface area contributed by atoms with Gasteiger partial charge in [-0.3, -0.25) is 14.5 Å². The highest BCUT2D eigenvalue weighted by Crippen LogP contribution is 2.24. The summed E-state index contributed by atoms with van der Waals surface area (Å²) in [5.74, 6) is -0.390. The van der Waals surface area contributed by atoms with E-state index in [4.69, 9.17) is 9.41 Å². The number of nitrogens with zero attached hydrogens (tertiary/aromatic N) is 4. The van der Waals surface area contributed by atoms with E-state index in [2.05, 4.69) is 11.1 Å². The van der Waals surface area contributed by atoms with Crippen molar-refractivity contribution in [1.29, 1.82) is 5.26 Å². The molecule has 170 valence electrons. The van der Waals surface area contributed by atoms with E-state index in [1.807, 2.05) is 84.9 Å². The zero-order valence-electron chi connectivity index (χ0n) is 19.1. The Balaban J connectivity index is 1.42. The third-order valence-electron chi connectivity index (χ3n) is 5.88. The van der Waals surface area contributed by atoms with Crippen LogP contribution in [-0.4, -0.2) is 21.3 Å². The van der Waals surface area contributed by atoms with Gasteiger partial charge in [0.25, 0.3) is 0 Å². The molecule has 6 heteroatoms. The summed E-state index contributed by atoms with van der Waals surface area (Å²) in [6.45, 7) is 0. The Morgan fingerprint density at radius 2 is 1.63 bits per heavy atom. The normalized spacial score (nSPS) is 11.7. The molecule has 0 saturated carbocycles. The summed E-state index contributed by atoms with van der Waals surface area (Å²) in [6.07, 6.45) is 2.18. The van der Waals surface area contributed by atoms with E-state index in [0.29, 0.717) is 12.0 Å². The fraction of sp³-hybridized carbons (Fsp3) is 0.103. The van der Waals surface area contributed by atoms with Crippen molar-refractivity contribution in [3.8, 4) is 17.2 Å². The molecule has 3 aromatic carbocycles. The monoisotopic (exact) mass is 458 g/mol. The third kappa shape index (κ3) is 4.66. The largest absolute Gasteiger partial charge is 0.419 e. The number of hydrogen-bond donors (Lipinski definition) is 0. The van der Waals surface area contributed by atoms with Crippen LogP contribution >= 0.6 is 0 Å². The molecule has 6 nitrogen and oxygen atoms in total. The van der Waals surface area contributed by atoms with Gasteiger partial charge in [0, 0.05) is 42.0 Å². The molecular weight excluding hydrogens is 436 g/mol. The van der Waals surface area contributed by atoms with Crippen LogP contribution < -0.4 is 5.76 Å². The molecule has 0 aliphatic carbocycles. The van der Waals surface area contributed by atoms with Crippen molar-refractivity contribution in [3.63, 3.8) is 0 Å². The average Bonchev–Trinajstić information content (AvgIpc) is 3.20. The van der Waals surface area contributed by atoms with Crippen molar-refractivity contribution in [2.24, 2.45) is 12.0 Å². The Labute approximate surface area is 202 Å². The molecule has 0 aliphatic heterocycles. The maximum Gasteiger partial charge on any atom is 0.419 e. The second-order valence-electron chi connectivity index (χ2n) is 8.21. The molecule has 5 rings (SSSR count). The lowest BCUT2D eigenvalue weighted by molar-refractivity contribution is 0.528. The topological polar surface area (TPSA) is 84.2 Å². The Kier molecular flexibility index (Phi) is 6.06. The van der Waals surface area contributed by atoms with Crippen molar-refractivity contribution >= 4 is 16.8 Å².